The van der Waals surface area contributed by atoms with Crippen LogP contribution >= 0.6 is 27.5 Å². The predicted octanol–water partition coefficient (Wildman–Crippen LogP) is 2.49. The molecule has 2 N–H and O–H groups in total. The second-order valence-corrected chi connectivity index (χ2v) is 7.80. The Bertz CT molecular complexity index is 1270. The van der Waals surface area contributed by atoms with E-state index < -0.39 is 11.2 Å². The molecular formula is C18H18BrClN6O3. The molecule has 0 saturated carbocycles. The van der Waals surface area contributed by atoms with Gasteiger partial charge in [0.25, 0.3) is 5.56 Å². The van der Waals surface area contributed by atoms with Gasteiger partial charge in [0.2, 0.25) is 5.95 Å². The zero-order chi connectivity index (χ0) is 21.3. The molecule has 0 aliphatic carbocycles. The van der Waals surface area contributed by atoms with Gasteiger partial charge in [-0.3, -0.25) is 18.5 Å². The van der Waals surface area contributed by atoms with Gasteiger partial charge in [0.1, 0.15) is 5.75 Å². The van der Waals surface area contributed by atoms with E-state index in [4.69, 9.17) is 11.6 Å². The standard InChI is InChI=1S/C18H18BrClN6O3/c1-10(20)6-7-26-14-15(24(2)18(29)25(3)16(14)28)22-17(26)23-21-9-11-8-12(19)4-5-13(11)27/h4-6,8-9,27H,7H2,1-3H3,(H,22,23)/b10-6?,21-9+. The lowest BCUT2D eigenvalue weighted by Crippen LogP contribution is -2.37. The summed E-state index contributed by atoms with van der Waals surface area (Å²) in [5.41, 5.74) is 2.77. The number of nitrogens with one attached hydrogen (secondary N) is 1. The molecule has 0 atom stereocenters. The van der Waals surface area contributed by atoms with Crippen LogP contribution in [-0.4, -0.2) is 30.0 Å². The molecule has 11 heteroatoms. The number of nitrogens with zero attached hydrogens (tertiary/aromatic N) is 5. The average Bonchev–Trinajstić information content (AvgIpc) is 3.04. The monoisotopic (exact) mass is 480 g/mol. The van der Waals surface area contributed by atoms with Crippen molar-refractivity contribution < 1.29 is 5.11 Å². The highest BCUT2D eigenvalue weighted by Gasteiger charge is 2.18. The van der Waals surface area contributed by atoms with Crippen molar-refractivity contribution in [1.29, 1.82) is 0 Å². The number of anilines is 1. The number of aromatic hydroxyl groups is 1. The van der Waals surface area contributed by atoms with Crippen molar-refractivity contribution in [3.05, 3.63) is 60.2 Å². The smallest absolute Gasteiger partial charge is 0.332 e. The third-order valence-electron chi connectivity index (χ3n) is 4.26. The van der Waals surface area contributed by atoms with Crippen LogP contribution in [0, 0.1) is 0 Å². The van der Waals surface area contributed by atoms with Gasteiger partial charge in [-0.2, -0.15) is 10.1 Å². The van der Waals surface area contributed by atoms with Gasteiger partial charge in [0.05, 0.1) is 6.21 Å². The van der Waals surface area contributed by atoms with Gasteiger partial charge in [-0.15, -0.1) is 0 Å². The lowest BCUT2D eigenvalue weighted by Gasteiger charge is -2.07. The molecule has 29 heavy (non-hydrogen) atoms. The third kappa shape index (κ3) is 4.13. The molecule has 0 saturated heterocycles. The molecule has 2 heterocycles. The number of aryl methyl sites for hydroxylation is 1. The Morgan fingerprint density at radius 2 is 2.07 bits per heavy atom. The van der Waals surface area contributed by atoms with Crippen LogP contribution in [0.3, 0.4) is 0 Å². The summed E-state index contributed by atoms with van der Waals surface area (Å²) in [6.07, 6.45) is 3.13. The summed E-state index contributed by atoms with van der Waals surface area (Å²) in [5, 5.41) is 14.6. The summed E-state index contributed by atoms with van der Waals surface area (Å²) in [6, 6.07) is 4.94. The lowest BCUT2D eigenvalue weighted by molar-refractivity contribution is 0.474. The maximum absolute atomic E-state index is 12.7. The number of hydrazone groups is 1. The van der Waals surface area contributed by atoms with Gasteiger partial charge in [-0.25, -0.2) is 10.2 Å². The summed E-state index contributed by atoms with van der Waals surface area (Å²) in [6.45, 7) is 1.97. The molecule has 0 spiro atoms. The van der Waals surface area contributed by atoms with Crippen molar-refractivity contribution >= 4 is 50.9 Å². The highest BCUT2D eigenvalue weighted by Crippen LogP contribution is 2.21. The molecule has 1 aromatic carbocycles. The van der Waals surface area contributed by atoms with E-state index >= 15 is 0 Å². The summed E-state index contributed by atoms with van der Waals surface area (Å²) in [4.78, 5) is 29.3. The van der Waals surface area contributed by atoms with Crippen molar-refractivity contribution in [2.24, 2.45) is 19.2 Å². The van der Waals surface area contributed by atoms with Gasteiger partial charge in [0.15, 0.2) is 11.2 Å². The van der Waals surface area contributed by atoms with Gasteiger partial charge in [0, 0.05) is 35.7 Å². The van der Waals surface area contributed by atoms with E-state index in [1.807, 2.05) is 0 Å². The van der Waals surface area contributed by atoms with E-state index in [-0.39, 0.29) is 29.4 Å². The first-order chi connectivity index (χ1) is 13.7. The number of hydrogen-bond donors (Lipinski definition) is 2. The molecule has 3 aromatic rings. The quantitative estimate of drug-likeness (QED) is 0.430. The van der Waals surface area contributed by atoms with Crippen LogP contribution in [0.4, 0.5) is 5.95 Å². The zero-order valence-electron chi connectivity index (χ0n) is 15.8. The molecule has 0 fully saturated rings. The Balaban J connectivity index is 2.11. The van der Waals surface area contributed by atoms with Gasteiger partial charge < -0.3 is 5.11 Å². The minimum absolute atomic E-state index is 0.0595. The molecule has 152 valence electrons. The van der Waals surface area contributed by atoms with Crippen molar-refractivity contribution in [1.82, 2.24) is 18.7 Å². The molecule has 0 amide bonds. The van der Waals surface area contributed by atoms with Crippen molar-refractivity contribution in [3.8, 4) is 5.75 Å². The number of imidazole rings is 1. The van der Waals surface area contributed by atoms with Crippen LogP contribution in [0.1, 0.15) is 12.5 Å². The zero-order valence-corrected chi connectivity index (χ0v) is 18.2. The minimum atomic E-state index is -0.481. The molecule has 0 unspecified atom stereocenters. The number of fused-ring (bicyclic) bond motifs is 1. The van der Waals surface area contributed by atoms with Crippen LogP contribution in [0.25, 0.3) is 11.2 Å². The molecule has 0 radical (unpaired) electrons. The molecule has 3 rings (SSSR count). The van der Waals surface area contributed by atoms with Crippen molar-refractivity contribution in [2.45, 2.75) is 13.5 Å². The van der Waals surface area contributed by atoms with Crippen molar-refractivity contribution in [2.75, 3.05) is 5.43 Å². The Morgan fingerprint density at radius 1 is 1.34 bits per heavy atom. The van der Waals surface area contributed by atoms with Gasteiger partial charge >= 0.3 is 5.69 Å². The number of aromatic nitrogens is 4. The van der Waals surface area contributed by atoms with E-state index in [1.165, 1.54) is 30.9 Å². The summed E-state index contributed by atoms with van der Waals surface area (Å²) in [5.74, 6) is 0.308. The fourth-order valence-corrected chi connectivity index (χ4v) is 3.16. The first kappa shape index (κ1) is 20.9. The van der Waals surface area contributed by atoms with Crippen LogP contribution in [0.15, 0.2) is 48.5 Å². The highest BCUT2D eigenvalue weighted by molar-refractivity contribution is 9.10. The molecule has 2 aromatic heterocycles. The lowest BCUT2D eigenvalue weighted by atomic mass is 10.2. The Labute approximate surface area is 178 Å². The summed E-state index contributed by atoms with van der Waals surface area (Å²) in [7, 11) is 2.95. The normalized spacial score (nSPS) is 12.2. The van der Waals surface area contributed by atoms with Crippen LogP contribution < -0.4 is 16.7 Å². The van der Waals surface area contributed by atoms with Gasteiger partial charge in [-0.05, 0) is 25.1 Å². The Kier molecular flexibility index (Phi) is 5.94. The number of phenols is 1. The predicted molar refractivity (Wildman–Crippen MR) is 117 cm³/mol. The number of benzene rings is 1. The Morgan fingerprint density at radius 3 is 2.76 bits per heavy atom. The van der Waals surface area contributed by atoms with Crippen molar-refractivity contribution in [3.63, 3.8) is 0 Å². The highest BCUT2D eigenvalue weighted by atomic mass is 79.9. The molecule has 0 bridgehead atoms. The SMILES string of the molecule is CC(Cl)=CCn1c(N/N=C/c2cc(Br)ccc2O)nc2c1c(=O)n(C)c(=O)n2C. The van der Waals surface area contributed by atoms with E-state index in [1.54, 1.807) is 29.7 Å². The first-order valence-electron chi connectivity index (χ1n) is 8.46. The summed E-state index contributed by atoms with van der Waals surface area (Å²) >= 11 is 9.28. The van der Waals surface area contributed by atoms with E-state index in [2.05, 4.69) is 31.4 Å². The topological polar surface area (TPSA) is 106 Å². The molecule has 0 aliphatic heterocycles. The fourth-order valence-electron chi connectivity index (χ4n) is 2.72. The summed E-state index contributed by atoms with van der Waals surface area (Å²) < 4.78 is 4.68. The average molecular weight is 482 g/mol. The van der Waals surface area contributed by atoms with E-state index in [0.29, 0.717) is 10.6 Å². The third-order valence-corrected chi connectivity index (χ3v) is 4.91. The molecule has 0 aliphatic rings. The van der Waals surface area contributed by atoms with E-state index in [9.17, 15) is 14.7 Å². The largest absolute Gasteiger partial charge is 0.507 e. The fraction of sp³-hybridized carbons (Fsp3) is 0.222. The molecular weight excluding hydrogens is 464 g/mol. The maximum atomic E-state index is 12.7. The minimum Gasteiger partial charge on any atom is -0.507 e. The molecule has 9 nitrogen and oxygen atoms in total. The maximum Gasteiger partial charge on any atom is 0.332 e. The Hall–Kier alpha value is -2.85. The van der Waals surface area contributed by atoms with Crippen LogP contribution in [0.5, 0.6) is 5.75 Å². The number of hydrogen-bond acceptors (Lipinski definition) is 6. The first-order valence-corrected chi connectivity index (χ1v) is 9.64. The second kappa shape index (κ2) is 8.26. The number of phenolic OH excluding ortho intramolecular Hbond substituents is 1. The van der Waals surface area contributed by atoms with Crippen LogP contribution in [-0.2, 0) is 20.6 Å². The second-order valence-electron chi connectivity index (χ2n) is 6.29. The van der Waals surface area contributed by atoms with E-state index in [0.717, 1.165) is 9.04 Å². The number of rotatable bonds is 5. The number of halogens is 2. The van der Waals surface area contributed by atoms with Gasteiger partial charge in [-0.1, -0.05) is 33.6 Å². The van der Waals surface area contributed by atoms with Crippen LogP contribution in [0.2, 0.25) is 0 Å². The number of allylic oxidation sites excluding steroid dienone is 2.